The third-order valence-electron chi connectivity index (χ3n) is 3.58. The van der Waals surface area contributed by atoms with Gasteiger partial charge in [-0.05, 0) is 41.9 Å². The van der Waals surface area contributed by atoms with E-state index in [0.29, 0.717) is 11.3 Å². The van der Waals surface area contributed by atoms with E-state index >= 15 is 0 Å². The van der Waals surface area contributed by atoms with Crippen LogP contribution in [0.5, 0.6) is 0 Å². The van der Waals surface area contributed by atoms with E-state index in [1.807, 2.05) is 6.07 Å². The van der Waals surface area contributed by atoms with Crippen LogP contribution < -0.4 is 5.73 Å². The molecule has 0 spiro atoms. The quantitative estimate of drug-likeness (QED) is 0.904. The molecule has 0 aliphatic heterocycles. The van der Waals surface area contributed by atoms with E-state index in [2.05, 4.69) is 29.8 Å². The Balaban J connectivity index is 2.04. The molecule has 3 heteroatoms. The van der Waals surface area contributed by atoms with Crippen molar-refractivity contribution in [1.29, 1.82) is 0 Å². The van der Waals surface area contributed by atoms with Crippen LogP contribution >= 0.6 is 15.9 Å². The van der Waals surface area contributed by atoms with Gasteiger partial charge in [-0.3, -0.25) is 0 Å². The molecule has 1 aromatic rings. The standard InChI is InChI=1S/C13H17BrFN/c1-13(2)7-10(13)12(16)5-8-3-4-9(15)6-11(8)14/h3-4,6,10,12H,5,7,16H2,1-2H3. The second-order valence-corrected chi connectivity index (χ2v) is 6.26. The average Bonchev–Trinajstić information content (AvgIpc) is 2.80. The van der Waals surface area contributed by atoms with Crippen LogP contribution in [0.1, 0.15) is 25.8 Å². The second-order valence-electron chi connectivity index (χ2n) is 5.40. The molecule has 0 radical (unpaired) electrons. The number of hydrogen-bond donors (Lipinski definition) is 1. The van der Waals surface area contributed by atoms with Crippen molar-refractivity contribution in [1.82, 2.24) is 0 Å². The molecule has 88 valence electrons. The van der Waals surface area contributed by atoms with E-state index in [0.717, 1.165) is 16.5 Å². The first-order valence-electron chi connectivity index (χ1n) is 5.59. The van der Waals surface area contributed by atoms with Crippen LogP contribution in [-0.2, 0) is 6.42 Å². The van der Waals surface area contributed by atoms with Crippen LogP contribution in [-0.4, -0.2) is 6.04 Å². The van der Waals surface area contributed by atoms with E-state index in [4.69, 9.17) is 5.73 Å². The lowest BCUT2D eigenvalue weighted by molar-refractivity contribution is 0.476. The van der Waals surface area contributed by atoms with Gasteiger partial charge in [-0.1, -0.05) is 35.8 Å². The molecule has 0 saturated heterocycles. The van der Waals surface area contributed by atoms with Crippen molar-refractivity contribution in [2.24, 2.45) is 17.1 Å². The van der Waals surface area contributed by atoms with Crippen molar-refractivity contribution >= 4 is 15.9 Å². The maximum Gasteiger partial charge on any atom is 0.124 e. The van der Waals surface area contributed by atoms with Crippen molar-refractivity contribution in [2.75, 3.05) is 0 Å². The molecule has 1 saturated carbocycles. The zero-order valence-electron chi connectivity index (χ0n) is 9.63. The van der Waals surface area contributed by atoms with Crippen molar-refractivity contribution < 1.29 is 4.39 Å². The highest BCUT2D eigenvalue weighted by atomic mass is 79.9. The highest BCUT2D eigenvalue weighted by molar-refractivity contribution is 9.10. The number of benzene rings is 1. The largest absolute Gasteiger partial charge is 0.327 e. The Hall–Kier alpha value is -0.410. The average molecular weight is 286 g/mol. The molecule has 2 N–H and O–H groups in total. The summed E-state index contributed by atoms with van der Waals surface area (Å²) in [6.07, 6.45) is 2.02. The molecule has 0 amide bonds. The van der Waals surface area contributed by atoms with E-state index in [1.165, 1.54) is 18.6 Å². The van der Waals surface area contributed by atoms with Gasteiger partial charge in [0.1, 0.15) is 5.82 Å². The summed E-state index contributed by atoms with van der Waals surface area (Å²) in [7, 11) is 0. The summed E-state index contributed by atoms with van der Waals surface area (Å²) < 4.78 is 13.7. The van der Waals surface area contributed by atoms with E-state index in [9.17, 15) is 4.39 Å². The summed E-state index contributed by atoms with van der Waals surface area (Å²) in [4.78, 5) is 0. The fourth-order valence-electron chi connectivity index (χ4n) is 2.32. The van der Waals surface area contributed by atoms with Gasteiger partial charge >= 0.3 is 0 Å². The fourth-order valence-corrected chi connectivity index (χ4v) is 2.83. The van der Waals surface area contributed by atoms with Gasteiger partial charge in [0.15, 0.2) is 0 Å². The highest BCUT2D eigenvalue weighted by Gasteiger charge is 2.48. The topological polar surface area (TPSA) is 26.0 Å². The van der Waals surface area contributed by atoms with Crippen LogP contribution in [0, 0.1) is 17.2 Å². The summed E-state index contributed by atoms with van der Waals surface area (Å²) in [5.41, 5.74) is 7.67. The summed E-state index contributed by atoms with van der Waals surface area (Å²) >= 11 is 3.38. The molecule has 2 rings (SSSR count). The van der Waals surface area contributed by atoms with Crippen LogP contribution in [0.4, 0.5) is 4.39 Å². The maximum absolute atomic E-state index is 12.9. The molecule has 0 heterocycles. The summed E-state index contributed by atoms with van der Waals surface area (Å²) in [6, 6.07) is 4.98. The molecule has 1 aromatic carbocycles. The Kier molecular flexibility index (Phi) is 3.10. The predicted octanol–water partition coefficient (Wildman–Crippen LogP) is 3.50. The van der Waals surface area contributed by atoms with Crippen LogP contribution in [0.25, 0.3) is 0 Å². The number of rotatable bonds is 3. The van der Waals surface area contributed by atoms with Gasteiger partial charge in [0.2, 0.25) is 0 Å². The molecule has 2 atom stereocenters. The second kappa shape index (κ2) is 4.11. The molecule has 0 aromatic heterocycles. The molecule has 0 bridgehead atoms. The minimum Gasteiger partial charge on any atom is -0.327 e. The summed E-state index contributed by atoms with van der Waals surface area (Å²) in [5, 5.41) is 0. The van der Waals surface area contributed by atoms with Gasteiger partial charge in [-0.25, -0.2) is 4.39 Å². The summed E-state index contributed by atoms with van der Waals surface area (Å²) in [6.45, 7) is 4.49. The number of nitrogens with two attached hydrogens (primary N) is 1. The van der Waals surface area contributed by atoms with Crippen LogP contribution in [0.2, 0.25) is 0 Å². The van der Waals surface area contributed by atoms with Crippen LogP contribution in [0.15, 0.2) is 22.7 Å². The van der Waals surface area contributed by atoms with Crippen molar-refractivity contribution in [3.63, 3.8) is 0 Å². The number of hydrogen-bond acceptors (Lipinski definition) is 1. The van der Waals surface area contributed by atoms with Crippen molar-refractivity contribution in [3.8, 4) is 0 Å². The first-order valence-corrected chi connectivity index (χ1v) is 6.39. The zero-order valence-corrected chi connectivity index (χ0v) is 11.2. The van der Waals surface area contributed by atoms with E-state index < -0.39 is 0 Å². The first-order chi connectivity index (χ1) is 7.40. The maximum atomic E-state index is 12.9. The lowest BCUT2D eigenvalue weighted by Gasteiger charge is -2.14. The van der Waals surface area contributed by atoms with Gasteiger partial charge in [0, 0.05) is 10.5 Å². The Morgan fingerprint density at radius 3 is 2.69 bits per heavy atom. The predicted molar refractivity (Wildman–Crippen MR) is 67.7 cm³/mol. The zero-order chi connectivity index (χ0) is 11.9. The van der Waals surface area contributed by atoms with Gasteiger partial charge in [-0.2, -0.15) is 0 Å². The smallest absolute Gasteiger partial charge is 0.124 e. The Labute approximate surface area is 104 Å². The molecule has 1 nitrogen and oxygen atoms in total. The van der Waals surface area contributed by atoms with Crippen molar-refractivity contribution in [3.05, 3.63) is 34.1 Å². The minimum atomic E-state index is -0.212. The van der Waals surface area contributed by atoms with Crippen LogP contribution in [0.3, 0.4) is 0 Å². The minimum absolute atomic E-state index is 0.178. The Bertz CT molecular complexity index is 403. The van der Waals surface area contributed by atoms with Gasteiger partial charge in [0.05, 0.1) is 0 Å². The van der Waals surface area contributed by atoms with Gasteiger partial charge < -0.3 is 5.73 Å². The SMILES string of the molecule is CC1(C)CC1C(N)Cc1ccc(F)cc1Br. The van der Waals surface area contributed by atoms with E-state index in [1.54, 1.807) is 0 Å². The van der Waals surface area contributed by atoms with Crippen molar-refractivity contribution in [2.45, 2.75) is 32.7 Å². The third-order valence-corrected chi connectivity index (χ3v) is 4.32. The third kappa shape index (κ3) is 2.46. The Morgan fingerprint density at radius 2 is 2.19 bits per heavy atom. The molecule has 1 aliphatic carbocycles. The van der Waals surface area contributed by atoms with Gasteiger partial charge in [-0.15, -0.1) is 0 Å². The molecule has 16 heavy (non-hydrogen) atoms. The van der Waals surface area contributed by atoms with E-state index in [-0.39, 0.29) is 11.9 Å². The normalized spacial score (nSPS) is 24.2. The summed E-state index contributed by atoms with van der Waals surface area (Å²) in [5.74, 6) is 0.389. The Morgan fingerprint density at radius 1 is 1.56 bits per heavy atom. The number of halogens is 2. The lowest BCUT2D eigenvalue weighted by Crippen LogP contribution is -2.27. The molecular formula is C13H17BrFN. The molecular weight excluding hydrogens is 269 g/mol. The molecule has 2 unspecified atom stereocenters. The molecule has 1 fully saturated rings. The lowest BCUT2D eigenvalue weighted by atomic mass is 9.98. The highest BCUT2D eigenvalue weighted by Crippen LogP contribution is 2.53. The monoisotopic (exact) mass is 285 g/mol. The van der Waals surface area contributed by atoms with Gasteiger partial charge in [0.25, 0.3) is 0 Å². The first kappa shape index (κ1) is 12.1. The molecule has 1 aliphatic rings. The fraction of sp³-hybridized carbons (Fsp3) is 0.538.